The topological polar surface area (TPSA) is 74.5 Å². The smallest absolute Gasteiger partial charge is 0.317 e. The van der Waals surface area contributed by atoms with Gasteiger partial charge in [-0.05, 0) is 44.6 Å². The van der Waals surface area contributed by atoms with Crippen molar-refractivity contribution >= 4 is 6.03 Å². The van der Waals surface area contributed by atoms with E-state index in [-0.39, 0.29) is 11.9 Å². The molecule has 1 saturated carbocycles. The van der Waals surface area contributed by atoms with Gasteiger partial charge in [-0.2, -0.15) is 4.98 Å². The van der Waals surface area contributed by atoms with E-state index in [9.17, 15) is 4.79 Å². The molecule has 7 nitrogen and oxygen atoms in total. The van der Waals surface area contributed by atoms with Crippen molar-refractivity contribution in [3.05, 3.63) is 11.7 Å². The third-order valence-electron chi connectivity index (χ3n) is 5.36. The second-order valence-electron chi connectivity index (χ2n) is 7.42. The summed E-state index contributed by atoms with van der Waals surface area (Å²) in [7, 11) is 0. The molecule has 1 unspecified atom stereocenters. The lowest BCUT2D eigenvalue weighted by Gasteiger charge is -2.37. The van der Waals surface area contributed by atoms with Crippen LogP contribution in [0, 0.1) is 5.92 Å². The Balaban J connectivity index is 1.31. The van der Waals surface area contributed by atoms with Crippen LogP contribution in [0.25, 0.3) is 0 Å². The minimum absolute atomic E-state index is 0.0169. The van der Waals surface area contributed by atoms with E-state index in [0.717, 1.165) is 43.6 Å². The van der Waals surface area contributed by atoms with E-state index in [4.69, 9.17) is 4.52 Å². The maximum Gasteiger partial charge on any atom is 0.317 e. The number of hydrogen-bond donors (Lipinski definition) is 1. The quantitative estimate of drug-likeness (QED) is 0.863. The van der Waals surface area contributed by atoms with Gasteiger partial charge in [-0.15, -0.1) is 0 Å². The van der Waals surface area contributed by atoms with Gasteiger partial charge in [-0.25, -0.2) is 4.79 Å². The molecule has 0 bridgehead atoms. The number of hydrogen-bond acceptors (Lipinski definition) is 5. The molecule has 2 saturated heterocycles. The largest absolute Gasteiger partial charge is 0.338 e. The van der Waals surface area contributed by atoms with E-state index >= 15 is 0 Å². The van der Waals surface area contributed by atoms with Crippen LogP contribution in [-0.4, -0.2) is 58.7 Å². The van der Waals surface area contributed by atoms with Crippen LogP contribution in [0.2, 0.25) is 0 Å². The molecule has 4 rings (SSSR count). The summed E-state index contributed by atoms with van der Waals surface area (Å²) in [5, 5.41) is 7.10. The fourth-order valence-corrected chi connectivity index (χ4v) is 3.66. The normalized spacial score (nSPS) is 25.0. The van der Waals surface area contributed by atoms with Gasteiger partial charge in [0, 0.05) is 26.2 Å². The number of amides is 2. The SMILES string of the molecule is CCCNC(=O)N1CC(c2noc(C3CCCN3CC3CC3)n2)C1. The van der Waals surface area contributed by atoms with Crippen LogP contribution < -0.4 is 5.32 Å². The molecule has 1 N–H and O–H groups in total. The van der Waals surface area contributed by atoms with Gasteiger partial charge in [0.2, 0.25) is 5.89 Å². The van der Waals surface area contributed by atoms with Gasteiger partial charge in [-0.1, -0.05) is 12.1 Å². The number of rotatable bonds is 6. The van der Waals surface area contributed by atoms with Crippen molar-refractivity contribution in [3.63, 3.8) is 0 Å². The van der Waals surface area contributed by atoms with Crippen LogP contribution in [0.5, 0.6) is 0 Å². The molecular formula is C17H27N5O2. The molecule has 24 heavy (non-hydrogen) atoms. The average Bonchev–Trinajstić information content (AvgIpc) is 3.02. The molecule has 0 spiro atoms. The Morgan fingerprint density at radius 2 is 2.17 bits per heavy atom. The van der Waals surface area contributed by atoms with Gasteiger partial charge in [0.15, 0.2) is 5.82 Å². The number of aromatic nitrogens is 2. The Bertz CT molecular complexity index is 579. The van der Waals surface area contributed by atoms with Crippen LogP contribution in [0.15, 0.2) is 4.52 Å². The second-order valence-corrected chi connectivity index (χ2v) is 7.42. The van der Waals surface area contributed by atoms with E-state index in [1.807, 2.05) is 4.90 Å². The lowest BCUT2D eigenvalue weighted by molar-refractivity contribution is 0.147. The molecule has 1 atom stereocenters. The Hall–Kier alpha value is -1.63. The molecule has 1 aromatic rings. The molecule has 2 aliphatic heterocycles. The number of nitrogens with one attached hydrogen (secondary N) is 1. The monoisotopic (exact) mass is 333 g/mol. The highest BCUT2D eigenvalue weighted by atomic mass is 16.5. The summed E-state index contributed by atoms with van der Waals surface area (Å²) in [5.41, 5.74) is 0. The zero-order valence-electron chi connectivity index (χ0n) is 14.4. The fraction of sp³-hybridized carbons (Fsp3) is 0.824. The van der Waals surface area contributed by atoms with E-state index in [2.05, 4.69) is 27.3 Å². The Kier molecular flexibility index (Phi) is 4.43. The summed E-state index contributed by atoms with van der Waals surface area (Å²) in [5.74, 6) is 2.64. The molecule has 1 aliphatic carbocycles. The predicted octanol–water partition coefficient (Wildman–Crippen LogP) is 2.14. The number of urea groups is 1. The maximum absolute atomic E-state index is 11.9. The lowest BCUT2D eigenvalue weighted by Crippen LogP contribution is -2.52. The standard InChI is InChI=1S/C17H27N5O2/c1-2-7-18-17(23)22-10-13(11-22)15-19-16(24-20-15)14-4-3-8-21(14)9-12-5-6-12/h12-14H,2-11H2,1H3,(H,18,23). The van der Waals surface area contributed by atoms with Gasteiger partial charge in [0.05, 0.1) is 12.0 Å². The second kappa shape index (κ2) is 6.70. The maximum atomic E-state index is 11.9. The molecule has 0 aromatic carbocycles. The van der Waals surface area contributed by atoms with Crippen LogP contribution in [0.3, 0.4) is 0 Å². The summed E-state index contributed by atoms with van der Waals surface area (Å²) in [6, 6.07) is 0.319. The van der Waals surface area contributed by atoms with Gasteiger partial charge in [0.25, 0.3) is 0 Å². The third kappa shape index (κ3) is 3.27. The highest BCUT2D eigenvalue weighted by Crippen LogP contribution is 2.37. The van der Waals surface area contributed by atoms with Crippen LogP contribution in [0.1, 0.15) is 62.7 Å². The van der Waals surface area contributed by atoms with Crippen molar-refractivity contribution in [2.24, 2.45) is 5.92 Å². The first kappa shape index (κ1) is 15.9. The molecule has 1 aromatic heterocycles. The van der Waals surface area contributed by atoms with E-state index < -0.39 is 0 Å². The molecule has 3 fully saturated rings. The zero-order chi connectivity index (χ0) is 16.5. The zero-order valence-corrected chi connectivity index (χ0v) is 14.4. The van der Waals surface area contributed by atoms with Crippen LogP contribution in [0.4, 0.5) is 4.79 Å². The summed E-state index contributed by atoms with van der Waals surface area (Å²) < 4.78 is 5.58. The highest BCUT2D eigenvalue weighted by Gasteiger charge is 2.38. The Morgan fingerprint density at radius 3 is 2.92 bits per heavy atom. The molecule has 0 radical (unpaired) electrons. The fourth-order valence-electron chi connectivity index (χ4n) is 3.66. The van der Waals surface area contributed by atoms with Gasteiger partial charge < -0.3 is 14.7 Å². The van der Waals surface area contributed by atoms with Crippen molar-refractivity contribution in [1.29, 1.82) is 0 Å². The van der Waals surface area contributed by atoms with E-state index in [0.29, 0.717) is 19.1 Å². The Morgan fingerprint density at radius 1 is 1.33 bits per heavy atom. The third-order valence-corrected chi connectivity index (χ3v) is 5.36. The van der Waals surface area contributed by atoms with Crippen LogP contribution in [-0.2, 0) is 0 Å². The minimum atomic E-state index is 0.0169. The molecule has 132 valence electrons. The van der Waals surface area contributed by atoms with Crippen molar-refractivity contribution in [3.8, 4) is 0 Å². The Labute approximate surface area is 142 Å². The van der Waals surface area contributed by atoms with Crippen molar-refractivity contribution < 1.29 is 9.32 Å². The first-order chi connectivity index (χ1) is 11.7. The summed E-state index contributed by atoms with van der Waals surface area (Å²) >= 11 is 0. The van der Waals surface area contributed by atoms with Gasteiger partial charge in [0.1, 0.15) is 0 Å². The number of likely N-dealkylation sites (tertiary alicyclic amines) is 2. The average molecular weight is 333 g/mol. The van der Waals surface area contributed by atoms with Crippen molar-refractivity contribution in [2.75, 3.05) is 32.7 Å². The molecule has 2 amide bonds. The van der Waals surface area contributed by atoms with Crippen molar-refractivity contribution in [1.82, 2.24) is 25.3 Å². The van der Waals surface area contributed by atoms with Gasteiger partial charge >= 0.3 is 6.03 Å². The highest BCUT2D eigenvalue weighted by molar-refractivity contribution is 5.75. The first-order valence-corrected chi connectivity index (χ1v) is 9.35. The molecule has 7 heteroatoms. The molecule has 3 aliphatic rings. The minimum Gasteiger partial charge on any atom is -0.338 e. The van der Waals surface area contributed by atoms with E-state index in [1.54, 1.807) is 0 Å². The summed E-state index contributed by atoms with van der Waals surface area (Å²) in [6.45, 7) is 6.47. The summed E-state index contributed by atoms with van der Waals surface area (Å²) in [6.07, 6.45) is 6.02. The number of nitrogens with zero attached hydrogens (tertiary/aromatic N) is 4. The molecule has 3 heterocycles. The van der Waals surface area contributed by atoms with Crippen LogP contribution >= 0.6 is 0 Å². The summed E-state index contributed by atoms with van der Waals surface area (Å²) in [4.78, 5) is 20.9. The lowest BCUT2D eigenvalue weighted by atomic mass is 10.00. The predicted molar refractivity (Wildman–Crippen MR) is 88.6 cm³/mol. The molecular weight excluding hydrogens is 306 g/mol. The first-order valence-electron chi connectivity index (χ1n) is 9.35. The van der Waals surface area contributed by atoms with Gasteiger partial charge in [-0.3, -0.25) is 4.90 Å². The van der Waals surface area contributed by atoms with E-state index in [1.165, 1.54) is 25.8 Å². The van der Waals surface area contributed by atoms with Crippen molar-refractivity contribution in [2.45, 2.75) is 51.0 Å². The number of carbonyl (C=O) groups excluding carboxylic acids is 1. The number of carbonyl (C=O) groups is 1.